The van der Waals surface area contributed by atoms with Gasteiger partial charge in [0, 0.05) is 37.8 Å². The van der Waals surface area contributed by atoms with Crippen LogP contribution in [0.15, 0.2) is 77.9 Å². The molecule has 0 unspecified atom stereocenters. The van der Waals surface area contributed by atoms with Crippen LogP contribution in [-0.4, -0.2) is 44.0 Å². The lowest BCUT2D eigenvalue weighted by atomic mass is 9.94. The van der Waals surface area contributed by atoms with Gasteiger partial charge in [-0.1, -0.05) is 36.4 Å². The molecule has 3 aromatic rings. The Hall–Kier alpha value is -3.28. The highest BCUT2D eigenvalue weighted by Gasteiger charge is 2.24. The first-order valence-corrected chi connectivity index (χ1v) is 11.9. The van der Waals surface area contributed by atoms with Gasteiger partial charge in [0.05, 0.1) is 13.2 Å². The zero-order valence-corrected chi connectivity index (χ0v) is 19.5. The quantitative estimate of drug-likeness (QED) is 0.476. The maximum Gasteiger partial charge on any atom is 0.123 e. The maximum atomic E-state index is 13.3. The minimum atomic E-state index is -0.222. The summed E-state index contributed by atoms with van der Waals surface area (Å²) in [4.78, 5) is 7.04. The Morgan fingerprint density at radius 2 is 1.85 bits per heavy atom. The third-order valence-corrected chi connectivity index (χ3v) is 6.68. The lowest BCUT2D eigenvalue weighted by Crippen LogP contribution is -2.32. The van der Waals surface area contributed by atoms with E-state index < -0.39 is 0 Å². The van der Waals surface area contributed by atoms with Crippen molar-refractivity contribution in [1.29, 1.82) is 0 Å². The zero-order chi connectivity index (χ0) is 23.3. The van der Waals surface area contributed by atoms with Crippen LogP contribution >= 0.6 is 0 Å². The van der Waals surface area contributed by atoms with Crippen LogP contribution in [0.2, 0.25) is 0 Å². The largest absolute Gasteiger partial charge is 0.383 e. The Kier molecular flexibility index (Phi) is 6.84. The number of benzene rings is 3. The SMILES string of the molecule is COC[C@@H]1CCCN1Cc1ccc(N/C=C2\CN=Cc3ccc(-c4ccc(F)cc4)cc32)cc1. The van der Waals surface area contributed by atoms with Crippen LogP contribution in [0, 0.1) is 5.82 Å². The van der Waals surface area contributed by atoms with Gasteiger partial charge in [-0.25, -0.2) is 4.39 Å². The van der Waals surface area contributed by atoms with Gasteiger partial charge in [-0.3, -0.25) is 9.89 Å². The highest BCUT2D eigenvalue weighted by molar-refractivity contribution is 5.94. The number of anilines is 1. The number of nitrogens with one attached hydrogen (secondary N) is 1. The summed E-state index contributed by atoms with van der Waals surface area (Å²) in [5.74, 6) is -0.222. The van der Waals surface area contributed by atoms with Crippen molar-refractivity contribution in [1.82, 2.24) is 4.90 Å². The highest BCUT2D eigenvalue weighted by Crippen LogP contribution is 2.29. The monoisotopic (exact) mass is 455 g/mol. The molecule has 2 aliphatic rings. The van der Waals surface area contributed by atoms with Crippen molar-refractivity contribution in [2.45, 2.75) is 25.4 Å². The van der Waals surface area contributed by atoms with Gasteiger partial charge in [0.1, 0.15) is 5.82 Å². The van der Waals surface area contributed by atoms with Crippen molar-refractivity contribution < 1.29 is 9.13 Å². The van der Waals surface area contributed by atoms with Crippen molar-refractivity contribution >= 4 is 17.5 Å². The lowest BCUT2D eigenvalue weighted by Gasteiger charge is -2.23. The fraction of sp³-hybridized carbons (Fsp3) is 0.276. The van der Waals surface area contributed by atoms with Crippen LogP contribution in [0.4, 0.5) is 10.1 Å². The Labute approximate surface area is 200 Å². The van der Waals surface area contributed by atoms with Crippen molar-refractivity contribution in [3.8, 4) is 11.1 Å². The number of aliphatic imine (C=N–C) groups is 1. The van der Waals surface area contributed by atoms with Crippen molar-refractivity contribution in [2.75, 3.05) is 32.1 Å². The molecule has 0 aromatic heterocycles. The Bertz CT molecular complexity index is 1190. The van der Waals surface area contributed by atoms with E-state index in [2.05, 4.69) is 57.7 Å². The average molecular weight is 456 g/mol. The first kappa shape index (κ1) is 22.5. The van der Waals surface area contributed by atoms with Crippen molar-refractivity contribution in [3.05, 3.63) is 95.4 Å². The van der Waals surface area contributed by atoms with Gasteiger partial charge >= 0.3 is 0 Å². The van der Waals surface area contributed by atoms with E-state index in [4.69, 9.17) is 4.74 Å². The zero-order valence-electron chi connectivity index (χ0n) is 19.5. The van der Waals surface area contributed by atoms with Gasteiger partial charge in [-0.05, 0) is 83.1 Å². The van der Waals surface area contributed by atoms with Crippen LogP contribution in [0.5, 0.6) is 0 Å². The molecule has 0 aliphatic carbocycles. The molecule has 2 heterocycles. The number of methoxy groups -OCH3 is 1. The first-order valence-electron chi connectivity index (χ1n) is 11.9. The fourth-order valence-electron chi connectivity index (χ4n) is 4.82. The maximum absolute atomic E-state index is 13.3. The van der Waals surface area contributed by atoms with Gasteiger partial charge in [-0.15, -0.1) is 0 Å². The summed E-state index contributed by atoms with van der Waals surface area (Å²) in [5, 5.41) is 3.45. The number of ether oxygens (including phenoxy) is 1. The number of rotatable bonds is 7. The molecular formula is C29H30FN3O. The molecule has 0 bridgehead atoms. The van der Waals surface area contributed by atoms with E-state index in [1.54, 1.807) is 7.11 Å². The molecule has 0 radical (unpaired) electrons. The van der Waals surface area contributed by atoms with Gasteiger partial charge < -0.3 is 10.1 Å². The van der Waals surface area contributed by atoms with Gasteiger partial charge in [0.25, 0.3) is 0 Å². The molecule has 1 saturated heterocycles. The Morgan fingerprint density at radius 1 is 1.06 bits per heavy atom. The molecule has 0 saturated carbocycles. The summed E-state index contributed by atoms with van der Waals surface area (Å²) >= 11 is 0. The summed E-state index contributed by atoms with van der Waals surface area (Å²) in [6.45, 7) is 3.53. The molecular weight excluding hydrogens is 425 g/mol. The second kappa shape index (κ2) is 10.3. The number of hydrogen-bond donors (Lipinski definition) is 1. The molecule has 1 N–H and O–H groups in total. The second-order valence-electron chi connectivity index (χ2n) is 9.01. The van der Waals surface area contributed by atoms with Gasteiger partial charge in [0.15, 0.2) is 0 Å². The molecule has 34 heavy (non-hydrogen) atoms. The van der Waals surface area contributed by atoms with E-state index in [9.17, 15) is 4.39 Å². The summed E-state index contributed by atoms with van der Waals surface area (Å²) < 4.78 is 18.7. The van der Waals surface area contributed by atoms with Crippen LogP contribution in [0.3, 0.4) is 0 Å². The molecule has 1 fully saturated rings. The number of fused-ring (bicyclic) bond motifs is 1. The standard InChI is InChI=1S/C29H30FN3O/c1-34-20-28-3-2-14-33(28)19-21-4-12-27(13-5-21)32-18-25-17-31-16-24-7-6-23(15-29(24)25)22-8-10-26(30)11-9-22/h4-13,15-16,18,28,32H,2-3,14,17,19-20H2,1H3/b25-18+/t28-/m0/s1. The Balaban J connectivity index is 1.29. The second-order valence-corrected chi connectivity index (χ2v) is 9.01. The Morgan fingerprint density at radius 3 is 2.65 bits per heavy atom. The van der Waals surface area contributed by atoms with E-state index >= 15 is 0 Å². The van der Waals surface area contributed by atoms with Gasteiger partial charge in [0.2, 0.25) is 0 Å². The third-order valence-electron chi connectivity index (χ3n) is 6.68. The minimum absolute atomic E-state index is 0.222. The smallest absolute Gasteiger partial charge is 0.123 e. The van der Waals surface area contributed by atoms with Gasteiger partial charge in [-0.2, -0.15) is 0 Å². The molecule has 2 aliphatic heterocycles. The predicted molar refractivity (Wildman–Crippen MR) is 138 cm³/mol. The van der Waals surface area contributed by atoms with E-state index in [0.717, 1.165) is 53.2 Å². The lowest BCUT2D eigenvalue weighted by molar-refractivity contribution is 0.112. The van der Waals surface area contributed by atoms with Crippen LogP contribution in [0.25, 0.3) is 16.7 Å². The molecule has 0 spiro atoms. The predicted octanol–water partition coefficient (Wildman–Crippen LogP) is 5.99. The van der Waals surface area contributed by atoms with E-state index in [0.29, 0.717) is 12.6 Å². The van der Waals surface area contributed by atoms with E-state index in [1.807, 2.05) is 24.5 Å². The topological polar surface area (TPSA) is 36.9 Å². The fourth-order valence-corrected chi connectivity index (χ4v) is 4.82. The molecule has 0 amide bonds. The normalized spacial score (nSPS) is 18.9. The van der Waals surface area contributed by atoms with Crippen LogP contribution in [-0.2, 0) is 11.3 Å². The number of nitrogens with zero attached hydrogens (tertiary/aromatic N) is 2. The number of likely N-dealkylation sites (tertiary alicyclic amines) is 1. The summed E-state index contributed by atoms with van der Waals surface area (Å²) in [6.07, 6.45) is 6.43. The van der Waals surface area contributed by atoms with Crippen LogP contribution in [0.1, 0.15) is 29.5 Å². The third kappa shape index (κ3) is 5.11. The summed E-state index contributed by atoms with van der Waals surface area (Å²) in [7, 11) is 1.78. The molecule has 174 valence electrons. The molecule has 4 nitrogen and oxygen atoms in total. The molecule has 1 atom stereocenters. The van der Waals surface area contributed by atoms with Crippen LogP contribution < -0.4 is 5.32 Å². The highest BCUT2D eigenvalue weighted by atomic mass is 19.1. The molecule has 5 rings (SSSR count). The molecule has 3 aromatic carbocycles. The summed E-state index contributed by atoms with van der Waals surface area (Å²) in [6, 6.07) is 22.1. The number of hydrogen-bond acceptors (Lipinski definition) is 4. The van der Waals surface area contributed by atoms with Crippen molar-refractivity contribution in [2.24, 2.45) is 4.99 Å². The van der Waals surface area contributed by atoms with E-state index in [1.165, 1.54) is 30.5 Å². The van der Waals surface area contributed by atoms with E-state index in [-0.39, 0.29) is 5.82 Å². The average Bonchev–Trinajstić information content (AvgIpc) is 3.30. The van der Waals surface area contributed by atoms with Crippen molar-refractivity contribution in [3.63, 3.8) is 0 Å². The minimum Gasteiger partial charge on any atom is -0.383 e. The first-order chi connectivity index (χ1) is 16.7. The molecule has 5 heteroatoms. The summed E-state index contributed by atoms with van der Waals surface area (Å²) in [5.41, 5.74) is 7.81. The number of halogens is 1.